The number of aliphatic hydroxyl groups excluding tert-OH is 1. The molecule has 0 bridgehead atoms. The summed E-state index contributed by atoms with van der Waals surface area (Å²) in [6.45, 7) is 2.31. The first kappa shape index (κ1) is 13.1. The molecule has 1 aromatic carbocycles. The highest BCUT2D eigenvalue weighted by molar-refractivity contribution is 5.33. The van der Waals surface area contributed by atoms with Gasteiger partial charge in [0.15, 0.2) is 0 Å². The van der Waals surface area contributed by atoms with E-state index >= 15 is 0 Å². The van der Waals surface area contributed by atoms with Crippen LogP contribution in [-0.4, -0.2) is 29.7 Å². The van der Waals surface area contributed by atoms with Crippen LogP contribution in [0.25, 0.3) is 0 Å². The number of fused-ring (bicyclic) bond motifs is 1. The summed E-state index contributed by atoms with van der Waals surface area (Å²) in [5.41, 5.74) is 2.49. The minimum atomic E-state index is -0.124. The van der Waals surface area contributed by atoms with Crippen LogP contribution in [0.15, 0.2) is 18.2 Å². The second kappa shape index (κ2) is 5.59. The zero-order chi connectivity index (χ0) is 13.2. The number of likely N-dealkylation sites (tertiary alicyclic amines) is 1. The van der Waals surface area contributed by atoms with Gasteiger partial charge in [-0.1, -0.05) is 6.07 Å². The summed E-state index contributed by atoms with van der Waals surface area (Å²) < 4.78 is 13.5. The van der Waals surface area contributed by atoms with Crippen molar-refractivity contribution >= 4 is 0 Å². The van der Waals surface area contributed by atoms with Crippen molar-refractivity contribution in [1.82, 2.24) is 4.90 Å². The average molecular weight is 263 g/mol. The molecular weight excluding hydrogens is 241 g/mol. The summed E-state index contributed by atoms with van der Waals surface area (Å²) >= 11 is 0. The van der Waals surface area contributed by atoms with Gasteiger partial charge in [-0.3, -0.25) is 4.90 Å². The summed E-state index contributed by atoms with van der Waals surface area (Å²) in [7, 11) is 0. The van der Waals surface area contributed by atoms with E-state index in [9.17, 15) is 9.50 Å². The molecule has 1 N–H and O–H groups in total. The standard InChI is InChI=1S/C16H22FNO/c17-14-7-6-13-4-1-5-16(15(13)9-14)18-8-2-3-12(10-18)11-19/h6-7,9,12,16,19H,1-5,8,10-11H2/t12-,16+/m1/s1. The summed E-state index contributed by atoms with van der Waals surface area (Å²) in [4.78, 5) is 2.46. The lowest BCUT2D eigenvalue weighted by molar-refractivity contribution is 0.0804. The Bertz CT molecular complexity index is 448. The van der Waals surface area contributed by atoms with E-state index in [-0.39, 0.29) is 12.4 Å². The Morgan fingerprint density at radius 2 is 2.16 bits per heavy atom. The molecule has 0 unspecified atom stereocenters. The third-order valence-corrected chi connectivity index (χ3v) is 4.64. The fourth-order valence-electron chi connectivity index (χ4n) is 3.65. The number of hydrogen-bond donors (Lipinski definition) is 1. The van der Waals surface area contributed by atoms with E-state index in [0.717, 1.165) is 38.8 Å². The predicted octanol–water partition coefficient (Wildman–Crippen LogP) is 2.91. The van der Waals surface area contributed by atoms with E-state index in [4.69, 9.17) is 0 Å². The smallest absolute Gasteiger partial charge is 0.123 e. The van der Waals surface area contributed by atoms with Gasteiger partial charge in [-0.05, 0) is 67.8 Å². The quantitative estimate of drug-likeness (QED) is 0.887. The maximum absolute atomic E-state index is 13.5. The summed E-state index contributed by atoms with van der Waals surface area (Å²) in [5.74, 6) is 0.272. The van der Waals surface area contributed by atoms with Crippen molar-refractivity contribution < 1.29 is 9.50 Å². The molecule has 1 aromatic rings. The Balaban J connectivity index is 1.84. The topological polar surface area (TPSA) is 23.5 Å². The van der Waals surface area contributed by atoms with E-state index in [1.807, 2.05) is 6.07 Å². The second-order valence-corrected chi connectivity index (χ2v) is 5.94. The van der Waals surface area contributed by atoms with Crippen molar-refractivity contribution in [2.24, 2.45) is 5.92 Å². The number of rotatable bonds is 2. The van der Waals surface area contributed by atoms with Gasteiger partial charge in [-0.25, -0.2) is 4.39 Å². The minimum Gasteiger partial charge on any atom is -0.396 e. The molecule has 2 nitrogen and oxygen atoms in total. The molecule has 1 aliphatic carbocycles. The first-order chi connectivity index (χ1) is 9.28. The largest absolute Gasteiger partial charge is 0.396 e. The molecule has 1 aliphatic heterocycles. The van der Waals surface area contributed by atoms with Gasteiger partial charge in [-0.2, -0.15) is 0 Å². The molecule has 0 aromatic heterocycles. The van der Waals surface area contributed by atoms with E-state index in [2.05, 4.69) is 4.90 Å². The van der Waals surface area contributed by atoms with E-state index < -0.39 is 0 Å². The van der Waals surface area contributed by atoms with Gasteiger partial charge in [0.2, 0.25) is 0 Å². The van der Waals surface area contributed by atoms with Crippen LogP contribution < -0.4 is 0 Å². The van der Waals surface area contributed by atoms with E-state index in [1.165, 1.54) is 17.5 Å². The second-order valence-electron chi connectivity index (χ2n) is 5.94. The van der Waals surface area contributed by atoms with Gasteiger partial charge < -0.3 is 5.11 Å². The highest BCUT2D eigenvalue weighted by atomic mass is 19.1. The number of benzene rings is 1. The first-order valence-electron chi connectivity index (χ1n) is 7.41. The van der Waals surface area contributed by atoms with Crippen LogP contribution in [0.4, 0.5) is 4.39 Å². The van der Waals surface area contributed by atoms with E-state index in [1.54, 1.807) is 12.1 Å². The van der Waals surface area contributed by atoms with Gasteiger partial charge in [-0.15, -0.1) is 0 Å². The lowest BCUT2D eigenvalue weighted by Crippen LogP contribution is -2.40. The van der Waals surface area contributed by atoms with E-state index in [0.29, 0.717) is 12.0 Å². The molecule has 0 amide bonds. The zero-order valence-electron chi connectivity index (χ0n) is 11.3. The van der Waals surface area contributed by atoms with Crippen molar-refractivity contribution in [2.45, 2.75) is 38.1 Å². The van der Waals surface area contributed by atoms with Gasteiger partial charge in [0.25, 0.3) is 0 Å². The SMILES string of the molecule is OC[C@@H]1CCCN([C@H]2CCCc3ccc(F)cc32)C1. The molecule has 3 heteroatoms. The molecular formula is C16H22FNO. The molecule has 0 spiro atoms. The molecule has 3 rings (SSSR count). The fraction of sp³-hybridized carbons (Fsp3) is 0.625. The molecule has 1 saturated heterocycles. The van der Waals surface area contributed by atoms with Crippen LogP contribution in [0.3, 0.4) is 0 Å². The molecule has 0 radical (unpaired) electrons. The molecule has 19 heavy (non-hydrogen) atoms. The van der Waals surface area contributed by atoms with Crippen LogP contribution >= 0.6 is 0 Å². The van der Waals surface area contributed by atoms with Crippen molar-refractivity contribution in [2.75, 3.05) is 19.7 Å². The van der Waals surface area contributed by atoms with Crippen LogP contribution in [0.2, 0.25) is 0 Å². The minimum absolute atomic E-state index is 0.124. The van der Waals surface area contributed by atoms with Crippen LogP contribution in [-0.2, 0) is 6.42 Å². The molecule has 2 aliphatic rings. The Labute approximate surface area is 114 Å². The van der Waals surface area contributed by atoms with Gasteiger partial charge in [0, 0.05) is 19.2 Å². The number of aliphatic hydroxyl groups is 1. The summed E-state index contributed by atoms with van der Waals surface area (Å²) in [6.07, 6.45) is 5.64. The van der Waals surface area contributed by atoms with Crippen LogP contribution in [0, 0.1) is 11.7 Å². The molecule has 1 heterocycles. The summed E-state index contributed by atoms with van der Waals surface area (Å²) in [5, 5.41) is 9.36. The molecule has 0 saturated carbocycles. The molecule has 104 valence electrons. The van der Waals surface area contributed by atoms with Gasteiger partial charge in [0.1, 0.15) is 5.82 Å². The maximum Gasteiger partial charge on any atom is 0.123 e. The Kier molecular flexibility index (Phi) is 3.85. The molecule has 2 atom stereocenters. The molecule has 1 fully saturated rings. The Morgan fingerprint density at radius 1 is 1.26 bits per heavy atom. The predicted molar refractivity (Wildman–Crippen MR) is 73.5 cm³/mol. The highest BCUT2D eigenvalue weighted by Crippen LogP contribution is 2.36. The number of nitrogens with zero attached hydrogens (tertiary/aromatic N) is 1. The van der Waals surface area contributed by atoms with Crippen molar-refractivity contribution in [1.29, 1.82) is 0 Å². The fourth-order valence-corrected chi connectivity index (χ4v) is 3.65. The van der Waals surface area contributed by atoms with Crippen LogP contribution in [0.1, 0.15) is 42.9 Å². The normalized spacial score (nSPS) is 28.1. The summed E-state index contributed by atoms with van der Waals surface area (Å²) in [6, 6.07) is 5.61. The van der Waals surface area contributed by atoms with Crippen molar-refractivity contribution in [3.8, 4) is 0 Å². The Hall–Kier alpha value is -0.930. The van der Waals surface area contributed by atoms with Gasteiger partial charge >= 0.3 is 0 Å². The van der Waals surface area contributed by atoms with Gasteiger partial charge in [0.05, 0.1) is 0 Å². The van der Waals surface area contributed by atoms with Crippen LogP contribution in [0.5, 0.6) is 0 Å². The third-order valence-electron chi connectivity index (χ3n) is 4.64. The number of hydrogen-bond acceptors (Lipinski definition) is 2. The zero-order valence-corrected chi connectivity index (χ0v) is 11.3. The Morgan fingerprint density at radius 3 is 3.00 bits per heavy atom. The number of halogens is 1. The monoisotopic (exact) mass is 263 g/mol. The van der Waals surface area contributed by atoms with Crippen molar-refractivity contribution in [3.05, 3.63) is 35.1 Å². The maximum atomic E-state index is 13.5. The lowest BCUT2D eigenvalue weighted by atomic mass is 9.85. The van der Waals surface area contributed by atoms with Crippen molar-refractivity contribution in [3.63, 3.8) is 0 Å². The third kappa shape index (κ3) is 2.67. The average Bonchev–Trinajstić information content (AvgIpc) is 2.46. The lowest BCUT2D eigenvalue weighted by Gasteiger charge is -2.40. The highest BCUT2D eigenvalue weighted by Gasteiger charge is 2.29. The number of aryl methyl sites for hydroxylation is 1. The number of piperidine rings is 1. The first-order valence-corrected chi connectivity index (χ1v) is 7.41.